The number of aryl methyl sites for hydroxylation is 2. The lowest BCUT2D eigenvalue weighted by Crippen LogP contribution is -2.36. The van der Waals surface area contributed by atoms with Gasteiger partial charge in [0.05, 0.1) is 5.60 Å². The Bertz CT molecular complexity index is 446. The van der Waals surface area contributed by atoms with Crippen LogP contribution in [0.2, 0.25) is 0 Å². The van der Waals surface area contributed by atoms with Crippen molar-refractivity contribution in [2.24, 2.45) is 0 Å². The van der Waals surface area contributed by atoms with Gasteiger partial charge in [0, 0.05) is 6.42 Å². The molecule has 0 radical (unpaired) electrons. The molecule has 1 heterocycles. The summed E-state index contributed by atoms with van der Waals surface area (Å²) in [5.74, 6) is 0.981. The van der Waals surface area contributed by atoms with E-state index in [0.717, 1.165) is 12.2 Å². The first kappa shape index (κ1) is 13.4. The van der Waals surface area contributed by atoms with Crippen LogP contribution in [0.1, 0.15) is 45.2 Å². The molecule has 1 aromatic rings. The van der Waals surface area contributed by atoms with Crippen LogP contribution in [0.15, 0.2) is 18.2 Å². The van der Waals surface area contributed by atoms with Crippen LogP contribution in [0.5, 0.6) is 5.75 Å². The summed E-state index contributed by atoms with van der Waals surface area (Å²) in [5.41, 5.74) is 2.07. The fourth-order valence-corrected chi connectivity index (χ4v) is 2.68. The second-order valence-electron chi connectivity index (χ2n) is 6.54. The van der Waals surface area contributed by atoms with E-state index in [1.165, 1.54) is 11.1 Å². The Balaban J connectivity index is 2.21. The maximum atomic E-state index is 6.21. The third-order valence-electron chi connectivity index (χ3n) is 3.60. The van der Waals surface area contributed by atoms with Crippen molar-refractivity contribution in [2.75, 3.05) is 0 Å². The lowest BCUT2D eigenvalue weighted by molar-refractivity contribution is -0.0846. The van der Waals surface area contributed by atoms with Crippen molar-refractivity contribution >= 4 is 0 Å². The Hall–Kier alpha value is -1.02. The number of hydrogen-bond donors (Lipinski definition) is 0. The van der Waals surface area contributed by atoms with Gasteiger partial charge < -0.3 is 9.47 Å². The Morgan fingerprint density at radius 3 is 2.39 bits per heavy atom. The van der Waals surface area contributed by atoms with Crippen molar-refractivity contribution in [1.82, 2.24) is 0 Å². The van der Waals surface area contributed by atoms with Gasteiger partial charge in [0.15, 0.2) is 0 Å². The number of benzene rings is 1. The van der Waals surface area contributed by atoms with Gasteiger partial charge in [-0.2, -0.15) is 0 Å². The van der Waals surface area contributed by atoms with Crippen LogP contribution in [0.4, 0.5) is 0 Å². The molecule has 2 nitrogen and oxygen atoms in total. The van der Waals surface area contributed by atoms with E-state index < -0.39 is 0 Å². The van der Waals surface area contributed by atoms with Gasteiger partial charge in [-0.05, 0) is 58.7 Å². The minimum absolute atomic E-state index is 0.105. The average Bonchev–Trinajstić information content (AvgIpc) is 2.40. The summed E-state index contributed by atoms with van der Waals surface area (Å²) in [5, 5.41) is 0. The summed E-state index contributed by atoms with van der Waals surface area (Å²) in [6.45, 7) is 12.6. The third kappa shape index (κ3) is 2.69. The molecule has 0 bridgehead atoms. The molecule has 1 aliphatic heterocycles. The largest absolute Gasteiger partial charge is 0.487 e. The van der Waals surface area contributed by atoms with Crippen LogP contribution in [0.3, 0.4) is 0 Å². The Morgan fingerprint density at radius 2 is 1.83 bits per heavy atom. The van der Waals surface area contributed by atoms with Crippen molar-refractivity contribution in [3.05, 3.63) is 29.3 Å². The van der Waals surface area contributed by atoms with E-state index in [0.29, 0.717) is 0 Å². The summed E-state index contributed by atoms with van der Waals surface area (Å²) in [4.78, 5) is 0. The van der Waals surface area contributed by atoms with Gasteiger partial charge in [-0.1, -0.05) is 12.1 Å². The van der Waals surface area contributed by atoms with E-state index in [-0.39, 0.29) is 17.3 Å². The first-order valence-electron chi connectivity index (χ1n) is 6.64. The lowest BCUT2D eigenvalue weighted by atomic mass is 9.97. The molecule has 1 fully saturated rings. The minimum Gasteiger partial charge on any atom is -0.487 e. The van der Waals surface area contributed by atoms with Crippen molar-refractivity contribution in [3.63, 3.8) is 0 Å². The van der Waals surface area contributed by atoms with Crippen LogP contribution < -0.4 is 4.74 Å². The zero-order valence-electron chi connectivity index (χ0n) is 12.3. The standard InChI is InChI=1S/C16H24O2/c1-11-7-8-12(2)13(9-11)17-14-10-15(3,4)18-16(14,5)6/h7-9,14H,10H2,1-6H3. The van der Waals surface area contributed by atoms with Gasteiger partial charge in [-0.25, -0.2) is 0 Å². The molecule has 2 heteroatoms. The number of rotatable bonds is 2. The quantitative estimate of drug-likeness (QED) is 0.786. The molecule has 1 atom stereocenters. The molecule has 0 aromatic heterocycles. The van der Waals surface area contributed by atoms with Crippen LogP contribution in [-0.4, -0.2) is 17.3 Å². The van der Waals surface area contributed by atoms with Gasteiger partial charge in [-0.15, -0.1) is 0 Å². The molecule has 100 valence electrons. The second-order valence-corrected chi connectivity index (χ2v) is 6.54. The van der Waals surface area contributed by atoms with Gasteiger partial charge in [-0.3, -0.25) is 0 Å². The Labute approximate surface area is 110 Å². The van der Waals surface area contributed by atoms with Crippen LogP contribution >= 0.6 is 0 Å². The zero-order chi connectivity index (χ0) is 13.6. The van der Waals surface area contributed by atoms with Crippen molar-refractivity contribution in [1.29, 1.82) is 0 Å². The SMILES string of the molecule is Cc1ccc(C)c(OC2CC(C)(C)OC2(C)C)c1. The van der Waals surface area contributed by atoms with Crippen molar-refractivity contribution < 1.29 is 9.47 Å². The molecule has 1 aromatic carbocycles. The summed E-state index contributed by atoms with van der Waals surface area (Å²) in [6, 6.07) is 6.33. The molecular formula is C16H24O2. The summed E-state index contributed by atoms with van der Waals surface area (Å²) in [7, 11) is 0. The van der Waals surface area contributed by atoms with E-state index in [4.69, 9.17) is 9.47 Å². The van der Waals surface area contributed by atoms with Crippen LogP contribution in [0, 0.1) is 13.8 Å². The molecule has 0 spiro atoms. The molecule has 0 saturated carbocycles. The molecule has 18 heavy (non-hydrogen) atoms. The average molecular weight is 248 g/mol. The van der Waals surface area contributed by atoms with Crippen molar-refractivity contribution in [2.45, 2.75) is 65.3 Å². The first-order chi connectivity index (χ1) is 8.20. The maximum absolute atomic E-state index is 6.21. The molecule has 2 rings (SSSR count). The van der Waals surface area contributed by atoms with Crippen LogP contribution in [-0.2, 0) is 4.74 Å². The van der Waals surface area contributed by atoms with Crippen molar-refractivity contribution in [3.8, 4) is 5.75 Å². The monoisotopic (exact) mass is 248 g/mol. The highest BCUT2D eigenvalue weighted by Crippen LogP contribution is 2.40. The highest BCUT2D eigenvalue weighted by Gasteiger charge is 2.47. The van der Waals surface area contributed by atoms with Gasteiger partial charge in [0.2, 0.25) is 0 Å². The highest BCUT2D eigenvalue weighted by molar-refractivity contribution is 5.36. The molecular weight excluding hydrogens is 224 g/mol. The van der Waals surface area contributed by atoms with E-state index in [9.17, 15) is 0 Å². The molecule has 1 unspecified atom stereocenters. The predicted molar refractivity (Wildman–Crippen MR) is 74.2 cm³/mol. The van der Waals surface area contributed by atoms with E-state index in [1.807, 2.05) is 0 Å². The number of hydrogen-bond acceptors (Lipinski definition) is 2. The first-order valence-corrected chi connectivity index (χ1v) is 6.64. The third-order valence-corrected chi connectivity index (χ3v) is 3.60. The highest BCUT2D eigenvalue weighted by atomic mass is 16.6. The van der Waals surface area contributed by atoms with E-state index >= 15 is 0 Å². The molecule has 1 aliphatic rings. The molecule has 0 N–H and O–H groups in total. The van der Waals surface area contributed by atoms with Gasteiger partial charge in [0.25, 0.3) is 0 Å². The van der Waals surface area contributed by atoms with E-state index in [1.54, 1.807) is 0 Å². The lowest BCUT2D eigenvalue weighted by Gasteiger charge is -2.28. The minimum atomic E-state index is -0.236. The fraction of sp³-hybridized carbons (Fsp3) is 0.625. The topological polar surface area (TPSA) is 18.5 Å². The predicted octanol–water partition coefficient (Wildman–Crippen LogP) is 4.03. The summed E-state index contributed by atoms with van der Waals surface area (Å²) < 4.78 is 12.3. The normalized spacial score (nSPS) is 25.1. The summed E-state index contributed by atoms with van der Waals surface area (Å²) >= 11 is 0. The molecule has 0 aliphatic carbocycles. The Morgan fingerprint density at radius 1 is 1.17 bits per heavy atom. The zero-order valence-corrected chi connectivity index (χ0v) is 12.3. The summed E-state index contributed by atoms with van der Waals surface area (Å²) in [6.07, 6.45) is 1.03. The smallest absolute Gasteiger partial charge is 0.130 e. The molecule has 1 saturated heterocycles. The Kier molecular flexibility index (Phi) is 3.18. The maximum Gasteiger partial charge on any atom is 0.130 e. The van der Waals surface area contributed by atoms with Crippen LogP contribution in [0.25, 0.3) is 0 Å². The van der Waals surface area contributed by atoms with Gasteiger partial charge >= 0.3 is 0 Å². The number of ether oxygens (including phenoxy) is 2. The molecule has 0 amide bonds. The van der Waals surface area contributed by atoms with Gasteiger partial charge in [0.1, 0.15) is 17.5 Å². The van der Waals surface area contributed by atoms with E-state index in [2.05, 4.69) is 59.7 Å². The fourth-order valence-electron chi connectivity index (χ4n) is 2.68. The second kappa shape index (κ2) is 4.27.